The fraction of sp³-hybridized carbons (Fsp3) is 0. The Bertz CT molecular complexity index is 316. The van der Waals surface area contributed by atoms with Gasteiger partial charge >= 0.3 is 0 Å². The Kier molecular flexibility index (Phi) is 2.82. The molecule has 3 N–H and O–H groups in total. The van der Waals surface area contributed by atoms with Gasteiger partial charge in [0.05, 0.1) is 10.6 Å². The molecule has 0 radical (unpaired) electrons. The minimum Gasteiger partial charge on any atom is -0.323 e. The second kappa shape index (κ2) is 3.68. The standard InChI is InChI=1S/C6H6IN3O2/c7-5-2-1-4(10(11)12)3-6(5)9-8/h1-3,9H,8H2. The average Bonchev–Trinajstić information content (AvgIpc) is 2.05. The van der Waals surface area contributed by atoms with E-state index in [2.05, 4.69) is 5.43 Å². The van der Waals surface area contributed by atoms with Gasteiger partial charge in [0.2, 0.25) is 0 Å². The van der Waals surface area contributed by atoms with Crippen LogP contribution in [0.2, 0.25) is 0 Å². The predicted octanol–water partition coefficient (Wildman–Crippen LogP) is 1.49. The van der Waals surface area contributed by atoms with Crippen LogP contribution < -0.4 is 11.3 Å². The fourth-order valence-corrected chi connectivity index (χ4v) is 1.23. The number of halogens is 1. The Morgan fingerprint density at radius 1 is 1.58 bits per heavy atom. The maximum absolute atomic E-state index is 10.3. The number of hydrogen-bond donors (Lipinski definition) is 2. The Morgan fingerprint density at radius 2 is 2.25 bits per heavy atom. The van der Waals surface area contributed by atoms with Crippen LogP contribution in [0, 0.1) is 13.7 Å². The third-order valence-electron chi connectivity index (χ3n) is 1.32. The normalized spacial score (nSPS) is 9.50. The van der Waals surface area contributed by atoms with Crippen LogP contribution in [0.4, 0.5) is 11.4 Å². The second-order valence-corrected chi connectivity index (χ2v) is 3.23. The summed E-state index contributed by atoms with van der Waals surface area (Å²) >= 11 is 2.04. The number of rotatable bonds is 2. The SMILES string of the molecule is NNc1cc([N+](=O)[O-])ccc1I. The molecule has 6 heteroatoms. The van der Waals surface area contributed by atoms with E-state index in [-0.39, 0.29) is 5.69 Å². The number of nitrogens with two attached hydrogens (primary N) is 1. The highest BCUT2D eigenvalue weighted by Crippen LogP contribution is 2.22. The third-order valence-corrected chi connectivity index (χ3v) is 2.26. The lowest BCUT2D eigenvalue weighted by molar-refractivity contribution is -0.384. The van der Waals surface area contributed by atoms with E-state index < -0.39 is 4.92 Å². The number of nitrogens with zero attached hydrogens (tertiary/aromatic N) is 1. The van der Waals surface area contributed by atoms with Crippen LogP contribution in [0.1, 0.15) is 0 Å². The lowest BCUT2D eigenvalue weighted by Gasteiger charge is -2.01. The summed E-state index contributed by atoms with van der Waals surface area (Å²) in [7, 11) is 0. The number of benzene rings is 1. The summed E-state index contributed by atoms with van der Waals surface area (Å²) in [4.78, 5) is 9.85. The molecule has 64 valence electrons. The first-order valence-corrected chi connectivity index (χ1v) is 4.13. The van der Waals surface area contributed by atoms with Crippen molar-refractivity contribution >= 4 is 34.0 Å². The quantitative estimate of drug-likeness (QED) is 0.372. The molecule has 0 heterocycles. The Balaban J connectivity index is 3.13. The number of nitro groups is 1. The molecule has 0 saturated carbocycles. The predicted molar refractivity (Wildman–Crippen MR) is 53.6 cm³/mol. The van der Waals surface area contributed by atoms with Gasteiger partial charge in [0.1, 0.15) is 0 Å². The van der Waals surface area contributed by atoms with Gasteiger partial charge < -0.3 is 5.43 Å². The van der Waals surface area contributed by atoms with Crippen molar-refractivity contribution in [1.29, 1.82) is 0 Å². The molecular weight excluding hydrogens is 273 g/mol. The van der Waals surface area contributed by atoms with Crippen molar-refractivity contribution in [3.05, 3.63) is 31.9 Å². The van der Waals surface area contributed by atoms with Crippen molar-refractivity contribution in [3.63, 3.8) is 0 Å². The molecule has 0 bridgehead atoms. The van der Waals surface area contributed by atoms with Crippen molar-refractivity contribution in [2.24, 2.45) is 5.84 Å². The number of nitro benzene ring substituents is 1. The zero-order valence-electron chi connectivity index (χ0n) is 5.95. The second-order valence-electron chi connectivity index (χ2n) is 2.07. The van der Waals surface area contributed by atoms with Crippen LogP contribution in [0.25, 0.3) is 0 Å². The molecule has 0 atom stereocenters. The molecule has 0 amide bonds. The first kappa shape index (κ1) is 9.20. The highest BCUT2D eigenvalue weighted by molar-refractivity contribution is 14.1. The summed E-state index contributed by atoms with van der Waals surface area (Å²) in [5.41, 5.74) is 2.97. The molecule has 0 aliphatic rings. The van der Waals surface area contributed by atoms with Gasteiger partial charge in [-0.05, 0) is 28.7 Å². The molecule has 12 heavy (non-hydrogen) atoms. The summed E-state index contributed by atoms with van der Waals surface area (Å²) in [6.07, 6.45) is 0. The number of hydrazine groups is 1. The molecule has 0 spiro atoms. The summed E-state index contributed by atoms with van der Waals surface area (Å²) < 4.78 is 0.848. The van der Waals surface area contributed by atoms with Gasteiger partial charge in [-0.2, -0.15) is 0 Å². The van der Waals surface area contributed by atoms with E-state index in [1.54, 1.807) is 6.07 Å². The molecule has 5 nitrogen and oxygen atoms in total. The van der Waals surface area contributed by atoms with E-state index in [1.165, 1.54) is 12.1 Å². The Hall–Kier alpha value is -0.890. The Labute approximate surface area is 82.2 Å². The molecule has 1 rings (SSSR count). The molecule has 0 aromatic heterocycles. The van der Waals surface area contributed by atoms with Gasteiger partial charge in [0.25, 0.3) is 5.69 Å². The summed E-state index contributed by atoms with van der Waals surface area (Å²) in [6.45, 7) is 0. The molecule has 0 fully saturated rings. The van der Waals surface area contributed by atoms with Crippen molar-refractivity contribution in [1.82, 2.24) is 0 Å². The molecule has 1 aromatic carbocycles. The first-order valence-electron chi connectivity index (χ1n) is 3.05. The monoisotopic (exact) mass is 279 g/mol. The molecule has 0 unspecified atom stereocenters. The first-order chi connectivity index (χ1) is 5.65. The van der Waals surface area contributed by atoms with E-state index in [4.69, 9.17) is 5.84 Å². The lowest BCUT2D eigenvalue weighted by Crippen LogP contribution is -2.08. The molecular formula is C6H6IN3O2. The van der Waals surface area contributed by atoms with Crippen LogP contribution in [0.5, 0.6) is 0 Å². The van der Waals surface area contributed by atoms with E-state index in [0.717, 1.165) is 3.57 Å². The summed E-state index contributed by atoms with van der Waals surface area (Å²) in [5.74, 6) is 5.14. The van der Waals surface area contributed by atoms with E-state index in [1.807, 2.05) is 22.6 Å². The Morgan fingerprint density at radius 3 is 2.75 bits per heavy atom. The van der Waals surface area contributed by atoms with Crippen molar-refractivity contribution in [3.8, 4) is 0 Å². The number of nitrogen functional groups attached to an aromatic ring is 1. The van der Waals surface area contributed by atoms with Crippen LogP contribution in [-0.2, 0) is 0 Å². The number of nitrogens with one attached hydrogen (secondary N) is 1. The number of non-ortho nitro benzene ring substituents is 1. The van der Waals surface area contributed by atoms with Crippen molar-refractivity contribution < 1.29 is 4.92 Å². The topological polar surface area (TPSA) is 81.2 Å². The smallest absolute Gasteiger partial charge is 0.271 e. The minimum absolute atomic E-state index is 0.0309. The van der Waals surface area contributed by atoms with Gasteiger partial charge in [0.15, 0.2) is 0 Å². The molecule has 1 aromatic rings. The van der Waals surface area contributed by atoms with E-state index in [9.17, 15) is 10.1 Å². The van der Waals surface area contributed by atoms with Gasteiger partial charge in [-0.25, -0.2) is 0 Å². The fourth-order valence-electron chi connectivity index (χ4n) is 0.737. The highest BCUT2D eigenvalue weighted by atomic mass is 127. The van der Waals surface area contributed by atoms with E-state index in [0.29, 0.717) is 5.69 Å². The van der Waals surface area contributed by atoms with Crippen LogP contribution in [-0.4, -0.2) is 4.92 Å². The average molecular weight is 279 g/mol. The minimum atomic E-state index is -0.461. The van der Waals surface area contributed by atoms with Crippen molar-refractivity contribution in [2.45, 2.75) is 0 Å². The number of anilines is 1. The zero-order chi connectivity index (χ0) is 9.14. The van der Waals surface area contributed by atoms with Gasteiger partial charge in [-0.15, -0.1) is 0 Å². The lowest BCUT2D eigenvalue weighted by atomic mass is 10.3. The van der Waals surface area contributed by atoms with Gasteiger partial charge in [0, 0.05) is 15.7 Å². The van der Waals surface area contributed by atoms with Gasteiger partial charge in [-0.1, -0.05) is 0 Å². The summed E-state index contributed by atoms with van der Waals surface area (Å²) in [5, 5.41) is 10.3. The van der Waals surface area contributed by atoms with Crippen LogP contribution >= 0.6 is 22.6 Å². The van der Waals surface area contributed by atoms with E-state index >= 15 is 0 Å². The van der Waals surface area contributed by atoms with Gasteiger partial charge in [-0.3, -0.25) is 16.0 Å². The zero-order valence-corrected chi connectivity index (χ0v) is 8.11. The van der Waals surface area contributed by atoms with Crippen molar-refractivity contribution in [2.75, 3.05) is 5.43 Å². The third kappa shape index (κ3) is 1.83. The summed E-state index contributed by atoms with van der Waals surface area (Å²) in [6, 6.07) is 4.46. The maximum Gasteiger partial charge on any atom is 0.271 e. The molecule has 0 aliphatic carbocycles. The maximum atomic E-state index is 10.3. The number of hydrogen-bond acceptors (Lipinski definition) is 4. The van der Waals surface area contributed by atoms with Crippen LogP contribution in [0.15, 0.2) is 18.2 Å². The highest BCUT2D eigenvalue weighted by Gasteiger charge is 2.07. The molecule has 0 aliphatic heterocycles. The largest absolute Gasteiger partial charge is 0.323 e. The van der Waals surface area contributed by atoms with Crippen LogP contribution in [0.3, 0.4) is 0 Å². The molecule has 0 saturated heterocycles.